The second-order valence-corrected chi connectivity index (χ2v) is 3.22. The summed E-state index contributed by atoms with van der Waals surface area (Å²) in [6.45, 7) is 0. The number of hydrogen-bond acceptors (Lipinski definition) is 4. The number of hydrogen-bond donors (Lipinski definition) is 4. The summed E-state index contributed by atoms with van der Waals surface area (Å²) >= 11 is 0. The molecule has 2 aliphatic rings. The van der Waals surface area contributed by atoms with E-state index in [9.17, 15) is 13.9 Å². The summed E-state index contributed by atoms with van der Waals surface area (Å²) in [4.78, 5) is 0. The molecule has 0 aromatic heterocycles. The van der Waals surface area contributed by atoms with Crippen molar-refractivity contribution in [1.82, 2.24) is 10.6 Å². The highest BCUT2D eigenvalue weighted by Crippen LogP contribution is 2.40. The van der Waals surface area contributed by atoms with Crippen LogP contribution >= 0.6 is 0 Å². The molecule has 1 heterocycles. The summed E-state index contributed by atoms with van der Waals surface area (Å²) in [6, 6.07) is 0. The highest BCUT2D eigenvalue weighted by atomic mass is 19.3. The van der Waals surface area contributed by atoms with Crippen LogP contribution in [0.1, 0.15) is 12.8 Å². The van der Waals surface area contributed by atoms with Crippen molar-refractivity contribution in [2.75, 3.05) is 0 Å². The summed E-state index contributed by atoms with van der Waals surface area (Å²) in [7, 11) is 0. The Morgan fingerprint density at radius 3 is 2.77 bits per heavy atom. The van der Waals surface area contributed by atoms with Crippen LogP contribution in [0.2, 0.25) is 0 Å². The van der Waals surface area contributed by atoms with Crippen molar-refractivity contribution >= 4 is 0 Å². The SMILES string of the molecule is OC1NC2=C(CCC2(F)F)C(O)N1. The maximum absolute atomic E-state index is 13.1. The highest BCUT2D eigenvalue weighted by molar-refractivity contribution is 5.30. The molecule has 2 atom stereocenters. The van der Waals surface area contributed by atoms with Gasteiger partial charge < -0.3 is 15.5 Å². The molecule has 2 rings (SSSR count). The fraction of sp³-hybridized carbons (Fsp3) is 0.714. The zero-order valence-electron chi connectivity index (χ0n) is 6.72. The van der Waals surface area contributed by atoms with E-state index in [1.165, 1.54) is 0 Å². The predicted octanol–water partition coefficient (Wildman–Crippen LogP) is -0.543. The molecule has 0 radical (unpaired) electrons. The first-order chi connectivity index (χ1) is 6.00. The van der Waals surface area contributed by atoms with Gasteiger partial charge in [0.05, 0.1) is 5.70 Å². The molecule has 0 spiro atoms. The molecule has 0 aromatic rings. The van der Waals surface area contributed by atoms with E-state index < -0.39 is 18.5 Å². The smallest absolute Gasteiger partial charge is 0.287 e. The van der Waals surface area contributed by atoms with E-state index in [1.807, 2.05) is 0 Å². The van der Waals surface area contributed by atoms with Crippen LogP contribution in [0, 0.1) is 0 Å². The van der Waals surface area contributed by atoms with Crippen molar-refractivity contribution in [2.24, 2.45) is 0 Å². The van der Waals surface area contributed by atoms with Crippen LogP contribution in [0.3, 0.4) is 0 Å². The molecular weight excluding hydrogens is 182 g/mol. The molecule has 0 aromatic carbocycles. The zero-order valence-corrected chi connectivity index (χ0v) is 6.72. The molecule has 0 saturated carbocycles. The van der Waals surface area contributed by atoms with Crippen LogP contribution in [-0.2, 0) is 0 Å². The topological polar surface area (TPSA) is 64.5 Å². The van der Waals surface area contributed by atoms with E-state index in [1.54, 1.807) is 0 Å². The van der Waals surface area contributed by atoms with Gasteiger partial charge in [-0.1, -0.05) is 0 Å². The summed E-state index contributed by atoms with van der Waals surface area (Å²) in [6.07, 6.45) is -2.64. The quantitative estimate of drug-likeness (QED) is 0.416. The Hall–Kier alpha value is -0.720. The van der Waals surface area contributed by atoms with Gasteiger partial charge in [0.15, 0.2) is 6.35 Å². The Morgan fingerprint density at radius 2 is 2.08 bits per heavy atom. The highest BCUT2D eigenvalue weighted by Gasteiger charge is 2.46. The molecule has 4 nitrogen and oxygen atoms in total. The molecule has 74 valence electrons. The van der Waals surface area contributed by atoms with Crippen molar-refractivity contribution in [3.63, 3.8) is 0 Å². The van der Waals surface area contributed by atoms with Crippen LogP contribution in [0.25, 0.3) is 0 Å². The summed E-state index contributed by atoms with van der Waals surface area (Å²) in [5, 5.41) is 22.8. The number of halogens is 2. The number of aliphatic hydroxyl groups is 2. The summed E-state index contributed by atoms with van der Waals surface area (Å²) in [5.74, 6) is -2.95. The lowest BCUT2D eigenvalue weighted by Gasteiger charge is -2.29. The molecular formula is C7H10F2N2O2. The fourth-order valence-corrected chi connectivity index (χ4v) is 1.68. The molecule has 13 heavy (non-hydrogen) atoms. The van der Waals surface area contributed by atoms with Gasteiger partial charge in [-0.25, -0.2) is 5.32 Å². The van der Waals surface area contributed by atoms with Crippen molar-refractivity contribution in [2.45, 2.75) is 31.3 Å². The third kappa shape index (κ3) is 1.31. The third-order valence-corrected chi connectivity index (χ3v) is 2.32. The molecule has 1 aliphatic carbocycles. The number of alkyl halides is 2. The van der Waals surface area contributed by atoms with Crippen molar-refractivity contribution in [3.8, 4) is 0 Å². The second kappa shape index (κ2) is 2.63. The molecule has 4 N–H and O–H groups in total. The first-order valence-corrected chi connectivity index (χ1v) is 4.01. The van der Waals surface area contributed by atoms with Gasteiger partial charge in [0.2, 0.25) is 0 Å². The Kier molecular flexibility index (Phi) is 1.79. The minimum Gasteiger partial charge on any atom is -0.374 e. The lowest BCUT2D eigenvalue weighted by molar-refractivity contribution is -0.00333. The Balaban J connectivity index is 2.33. The number of allylic oxidation sites excluding steroid dienone is 1. The zero-order chi connectivity index (χ0) is 9.64. The van der Waals surface area contributed by atoms with E-state index in [-0.39, 0.29) is 24.1 Å². The van der Waals surface area contributed by atoms with Gasteiger partial charge in [0.25, 0.3) is 5.92 Å². The second-order valence-electron chi connectivity index (χ2n) is 3.22. The van der Waals surface area contributed by atoms with Crippen molar-refractivity contribution in [1.29, 1.82) is 0 Å². The molecule has 0 bridgehead atoms. The Bertz CT molecular complexity index is 267. The van der Waals surface area contributed by atoms with Crippen LogP contribution < -0.4 is 10.6 Å². The lowest BCUT2D eigenvalue weighted by atomic mass is 10.1. The van der Waals surface area contributed by atoms with Gasteiger partial charge in [-0.2, -0.15) is 8.78 Å². The first-order valence-electron chi connectivity index (χ1n) is 4.01. The van der Waals surface area contributed by atoms with Crippen LogP contribution in [0.5, 0.6) is 0 Å². The molecule has 1 aliphatic heterocycles. The molecule has 0 saturated heterocycles. The van der Waals surface area contributed by atoms with Crippen LogP contribution in [-0.4, -0.2) is 28.7 Å². The minimum atomic E-state index is -2.95. The first kappa shape index (κ1) is 8.86. The van der Waals surface area contributed by atoms with Gasteiger partial charge in [0.1, 0.15) is 6.23 Å². The number of rotatable bonds is 0. The van der Waals surface area contributed by atoms with Crippen LogP contribution in [0.15, 0.2) is 11.3 Å². The Labute approximate surface area is 73.2 Å². The van der Waals surface area contributed by atoms with Gasteiger partial charge in [-0.05, 0) is 12.0 Å². The van der Waals surface area contributed by atoms with Gasteiger partial charge in [-0.3, -0.25) is 0 Å². The number of aliphatic hydroxyl groups excluding tert-OH is 2. The maximum Gasteiger partial charge on any atom is 0.287 e. The van der Waals surface area contributed by atoms with Gasteiger partial charge >= 0.3 is 0 Å². The summed E-state index contributed by atoms with van der Waals surface area (Å²) in [5.41, 5.74) is -0.0819. The van der Waals surface area contributed by atoms with Crippen LogP contribution in [0.4, 0.5) is 8.78 Å². The summed E-state index contributed by atoms with van der Waals surface area (Å²) < 4.78 is 26.1. The maximum atomic E-state index is 13.1. The van der Waals surface area contributed by atoms with E-state index in [2.05, 4.69) is 10.6 Å². The average molecular weight is 192 g/mol. The van der Waals surface area contributed by atoms with Gasteiger partial charge in [-0.15, -0.1) is 0 Å². The lowest BCUT2D eigenvalue weighted by Crippen LogP contribution is -2.53. The average Bonchev–Trinajstić information content (AvgIpc) is 2.28. The normalized spacial score (nSPS) is 37.2. The predicted molar refractivity (Wildman–Crippen MR) is 39.5 cm³/mol. The van der Waals surface area contributed by atoms with Crippen molar-refractivity contribution in [3.05, 3.63) is 11.3 Å². The molecule has 0 amide bonds. The Morgan fingerprint density at radius 1 is 1.38 bits per heavy atom. The van der Waals surface area contributed by atoms with E-state index in [4.69, 9.17) is 5.11 Å². The largest absolute Gasteiger partial charge is 0.374 e. The van der Waals surface area contributed by atoms with Gasteiger partial charge in [0, 0.05) is 6.42 Å². The van der Waals surface area contributed by atoms with E-state index >= 15 is 0 Å². The standard InChI is InChI=1S/C7H10F2N2O2/c8-7(9)2-1-3-4(7)10-6(13)11-5(3)12/h5-6,10-13H,1-2H2. The monoisotopic (exact) mass is 192 g/mol. The van der Waals surface area contributed by atoms with E-state index in [0.717, 1.165) is 0 Å². The fourth-order valence-electron chi connectivity index (χ4n) is 1.68. The van der Waals surface area contributed by atoms with Crippen molar-refractivity contribution < 1.29 is 19.0 Å². The molecule has 2 unspecified atom stereocenters. The third-order valence-electron chi connectivity index (χ3n) is 2.32. The molecule has 6 heteroatoms. The minimum absolute atomic E-state index is 0.149. The van der Waals surface area contributed by atoms with E-state index in [0.29, 0.717) is 0 Å². The number of nitrogens with one attached hydrogen (secondary N) is 2. The molecule has 0 fully saturated rings.